The van der Waals surface area contributed by atoms with Gasteiger partial charge in [-0.25, -0.2) is 13.8 Å². The third-order valence-corrected chi connectivity index (χ3v) is 2.69. The van der Waals surface area contributed by atoms with Crippen molar-refractivity contribution in [3.63, 3.8) is 0 Å². The highest BCUT2D eigenvalue weighted by Gasteiger charge is 2.27. The molecule has 0 saturated carbocycles. The molecule has 0 spiro atoms. The van der Waals surface area contributed by atoms with E-state index in [2.05, 4.69) is 9.97 Å². The number of halogens is 4. The normalized spacial score (nSPS) is 12.9. The number of aliphatic hydroxyl groups excluding tert-OH is 1. The zero-order valence-corrected chi connectivity index (χ0v) is 10.5. The first-order valence-corrected chi connectivity index (χ1v) is 5.52. The maximum absolute atomic E-state index is 12.8. The maximum atomic E-state index is 12.8. The Labute approximate surface area is 107 Å². The van der Waals surface area contributed by atoms with Gasteiger partial charge in [-0.3, -0.25) is 0 Å². The van der Waals surface area contributed by atoms with Gasteiger partial charge in [0.15, 0.2) is 5.82 Å². The van der Waals surface area contributed by atoms with Crippen molar-refractivity contribution in [1.82, 2.24) is 9.97 Å². The van der Waals surface area contributed by atoms with Crippen molar-refractivity contribution in [2.75, 3.05) is 18.6 Å². The van der Waals surface area contributed by atoms with Gasteiger partial charge in [0.2, 0.25) is 5.28 Å². The molecule has 0 aliphatic carbocycles. The summed E-state index contributed by atoms with van der Waals surface area (Å²) >= 11 is 11.4. The van der Waals surface area contributed by atoms with Crippen LogP contribution >= 0.6 is 23.2 Å². The first-order valence-electron chi connectivity index (χ1n) is 4.77. The number of alkyl halides is 2. The van der Waals surface area contributed by atoms with Crippen LogP contribution in [0.25, 0.3) is 0 Å². The van der Waals surface area contributed by atoms with E-state index in [0.29, 0.717) is 0 Å². The summed E-state index contributed by atoms with van der Waals surface area (Å²) in [5.41, 5.74) is 0. The van der Waals surface area contributed by atoms with Crippen LogP contribution in [0.3, 0.4) is 0 Å². The van der Waals surface area contributed by atoms with E-state index in [9.17, 15) is 8.78 Å². The highest BCUT2D eigenvalue weighted by atomic mass is 35.5. The van der Waals surface area contributed by atoms with E-state index in [1.165, 1.54) is 18.1 Å². The Morgan fingerprint density at radius 1 is 1.47 bits per heavy atom. The number of rotatable bonds is 5. The SMILES string of the molecule is CN(c1nc(Cl)ncc1Cl)C(CCO)C(F)F. The predicted molar refractivity (Wildman–Crippen MR) is 61.9 cm³/mol. The second kappa shape index (κ2) is 6.28. The molecule has 0 aliphatic heterocycles. The van der Waals surface area contributed by atoms with Crippen LogP contribution in [-0.2, 0) is 0 Å². The number of hydrogen-bond acceptors (Lipinski definition) is 4. The molecule has 1 N–H and O–H groups in total. The van der Waals surface area contributed by atoms with Gasteiger partial charge in [-0.15, -0.1) is 0 Å². The van der Waals surface area contributed by atoms with Crippen molar-refractivity contribution >= 4 is 29.0 Å². The lowest BCUT2D eigenvalue weighted by Gasteiger charge is -2.28. The van der Waals surface area contributed by atoms with Crippen LogP contribution in [0.5, 0.6) is 0 Å². The number of aliphatic hydroxyl groups is 1. The van der Waals surface area contributed by atoms with E-state index in [4.69, 9.17) is 28.3 Å². The van der Waals surface area contributed by atoms with Gasteiger partial charge in [0.1, 0.15) is 5.02 Å². The average Bonchev–Trinajstić information content (AvgIpc) is 2.28. The van der Waals surface area contributed by atoms with E-state index in [-0.39, 0.29) is 29.2 Å². The molecule has 0 aliphatic rings. The fourth-order valence-electron chi connectivity index (χ4n) is 1.36. The molecule has 0 amide bonds. The molecule has 1 aromatic rings. The lowest BCUT2D eigenvalue weighted by atomic mass is 10.2. The first kappa shape index (κ1) is 14.3. The van der Waals surface area contributed by atoms with Crippen LogP contribution in [0.2, 0.25) is 10.3 Å². The summed E-state index contributed by atoms with van der Waals surface area (Å²) in [5, 5.41) is 8.80. The lowest BCUT2D eigenvalue weighted by Crippen LogP contribution is -2.39. The van der Waals surface area contributed by atoms with Gasteiger partial charge in [0.25, 0.3) is 6.43 Å². The van der Waals surface area contributed by atoms with Gasteiger partial charge in [0, 0.05) is 13.7 Å². The van der Waals surface area contributed by atoms with Crippen LogP contribution in [-0.4, -0.2) is 41.2 Å². The Morgan fingerprint density at radius 3 is 2.65 bits per heavy atom. The van der Waals surface area contributed by atoms with Crippen LogP contribution in [0.1, 0.15) is 6.42 Å². The maximum Gasteiger partial charge on any atom is 0.258 e. The van der Waals surface area contributed by atoms with Gasteiger partial charge in [0.05, 0.1) is 12.2 Å². The molecule has 4 nitrogen and oxygen atoms in total. The highest BCUT2D eigenvalue weighted by molar-refractivity contribution is 6.33. The summed E-state index contributed by atoms with van der Waals surface area (Å²) < 4.78 is 25.6. The van der Waals surface area contributed by atoms with Crippen LogP contribution in [0, 0.1) is 0 Å². The summed E-state index contributed by atoms with van der Waals surface area (Å²) in [7, 11) is 1.41. The molecular formula is C9H11Cl2F2N3O. The number of nitrogens with zero attached hydrogens (tertiary/aromatic N) is 3. The lowest BCUT2D eigenvalue weighted by molar-refractivity contribution is 0.0986. The molecule has 1 heterocycles. The molecule has 1 unspecified atom stereocenters. The largest absolute Gasteiger partial charge is 0.396 e. The second-order valence-corrected chi connectivity index (χ2v) is 4.08. The van der Waals surface area contributed by atoms with E-state index in [1.807, 2.05) is 0 Å². The second-order valence-electron chi connectivity index (χ2n) is 3.34. The Morgan fingerprint density at radius 2 is 2.12 bits per heavy atom. The Kier molecular flexibility index (Phi) is 5.30. The quantitative estimate of drug-likeness (QED) is 0.843. The van der Waals surface area contributed by atoms with Crippen molar-refractivity contribution in [3.05, 3.63) is 16.5 Å². The summed E-state index contributed by atoms with van der Waals surface area (Å²) in [4.78, 5) is 8.61. The Hall–Kier alpha value is -0.720. The zero-order valence-electron chi connectivity index (χ0n) is 8.95. The van der Waals surface area contributed by atoms with Crippen molar-refractivity contribution in [2.24, 2.45) is 0 Å². The number of anilines is 1. The van der Waals surface area contributed by atoms with E-state index in [0.717, 1.165) is 0 Å². The molecule has 0 bridgehead atoms. The van der Waals surface area contributed by atoms with E-state index >= 15 is 0 Å². The van der Waals surface area contributed by atoms with Crippen molar-refractivity contribution in [2.45, 2.75) is 18.9 Å². The van der Waals surface area contributed by atoms with E-state index < -0.39 is 12.5 Å². The summed E-state index contributed by atoms with van der Waals surface area (Å²) in [6.07, 6.45) is -1.48. The molecule has 1 aromatic heterocycles. The molecule has 17 heavy (non-hydrogen) atoms. The fraction of sp³-hybridized carbons (Fsp3) is 0.556. The molecular weight excluding hydrogens is 275 g/mol. The summed E-state index contributed by atoms with van der Waals surface area (Å²) in [5.74, 6) is 0.116. The minimum absolute atomic E-state index is 0.0757. The molecule has 0 saturated heterocycles. The molecule has 0 fully saturated rings. The summed E-state index contributed by atoms with van der Waals surface area (Å²) in [6, 6.07) is -1.18. The summed E-state index contributed by atoms with van der Waals surface area (Å²) in [6.45, 7) is -0.351. The van der Waals surface area contributed by atoms with Crippen LogP contribution < -0.4 is 4.90 Å². The third kappa shape index (κ3) is 3.62. The van der Waals surface area contributed by atoms with Crippen LogP contribution in [0.4, 0.5) is 14.6 Å². The zero-order chi connectivity index (χ0) is 13.0. The molecule has 1 atom stereocenters. The Bertz CT molecular complexity index is 381. The minimum Gasteiger partial charge on any atom is -0.396 e. The third-order valence-electron chi connectivity index (χ3n) is 2.24. The smallest absolute Gasteiger partial charge is 0.258 e. The van der Waals surface area contributed by atoms with Crippen LogP contribution in [0.15, 0.2) is 6.20 Å². The van der Waals surface area contributed by atoms with E-state index in [1.54, 1.807) is 0 Å². The van der Waals surface area contributed by atoms with Gasteiger partial charge in [-0.05, 0) is 18.0 Å². The number of aromatic nitrogens is 2. The molecule has 0 aromatic carbocycles. The predicted octanol–water partition coefficient (Wildman–Crippen LogP) is 2.24. The average molecular weight is 286 g/mol. The van der Waals surface area contributed by atoms with Gasteiger partial charge < -0.3 is 10.0 Å². The van der Waals surface area contributed by atoms with Crippen molar-refractivity contribution < 1.29 is 13.9 Å². The van der Waals surface area contributed by atoms with Crippen molar-refractivity contribution in [3.8, 4) is 0 Å². The molecule has 96 valence electrons. The number of hydrogen-bond donors (Lipinski definition) is 1. The topological polar surface area (TPSA) is 49.2 Å². The van der Waals surface area contributed by atoms with Gasteiger partial charge in [-0.2, -0.15) is 4.98 Å². The molecule has 1 rings (SSSR count). The standard InChI is InChI=1S/C9H11Cl2F2N3O/c1-16(6(2-3-17)7(12)13)8-5(10)4-14-9(11)15-8/h4,6-7,17H,2-3H2,1H3. The van der Waals surface area contributed by atoms with Gasteiger partial charge >= 0.3 is 0 Å². The monoisotopic (exact) mass is 285 g/mol. The molecule has 8 heteroatoms. The fourth-order valence-corrected chi connectivity index (χ4v) is 1.72. The minimum atomic E-state index is -2.63. The molecule has 0 radical (unpaired) electrons. The Balaban J connectivity index is 2.99. The van der Waals surface area contributed by atoms with Gasteiger partial charge in [-0.1, -0.05) is 11.6 Å². The highest BCUT2D eigenvalue weighted by Crippen LogP contribution is 2.26. The van der Waals surface area contributed by atoms with Crippen molar-refractivity contribution in [1.29, 1.82) is 0 Å². The first-order chi connectivity index (χ1) is 7.97.